The summed E-state index contributed by atoms with van der Waals surface area (Å²) in [5.74, 6) is 0.664. The van der Waals surface area contributed by atoms with Gasteiger partial charge in [-0.3, -0.25) is 0 Å². The normalized spacial score (nSPS) is 11.6. The van der Waals surface area contributed by atoms with Crippen molar-refractivity contribution in [2.24, 2.45) is 5.14 Å². The molecule has 6 nitrogen and oxygen atoms in total. The zero-order valence-corrected chi connectivity index (χ0v) is 13.5. The Kier molecular flexibility index (Phi) is 7.10. The van der Waals surface area contributed by atoms with Crippen LogP contribution in [0.25, 0.3) is 0 Å². The lowest BCUT2D eigenvalue weighted by Gasteiger charge is -2.13. The van der Waals surface area contributed by atoms with E-state index in [4.69, 9.17) is 19.3 Å². The molecule has 0 heterocycles. The van der Waals surface area contributed by atoms with Crippen LogP contribution in [0, 0.1) is 13.8 Å². The Labute approximate surface area is 126 Å². The van der Waals surface area contributed by atoms with Gasteiger partial charge in [-0.1, -0.05) is 0 Å². The van der Waals surface area contributed by atoms with Crippen molar-refractivity contribution in [2.45, 2.75) is 25.2 Å². The summed E-state index contributed by atoms with van der Waals surface area (Å²) in [5.41, 5.74) is 1.40. The van der Waals surface area contributed by atoms with Gasteiger partial charge in [0.05, 0.1) is 24.7 Å². The maximum absolute atomic E-state index is 11.4. The first kappa shape index (κ1) is 17.9. The topological polar surface area (TPSA) is 87.8 Å². The van der Waals surface area contributed by atoms with Gasteiger partial charge in [0, 0.05) is 20.1 Å². The third-order valence-electron chi connectivity index (χ3n) is 3.12. The average molecular weight is 317 g/mol. The molecule has 0 fully saturated rings. The van der Waals surface area contributed by atoms with Crippen molar-refractivity contribution in [1.29, 1.82) is 0 Å². The van der Waals surface area contributed by atoms with E-state index in [0.717, 1.165) is 12.0 Å². The fraction of sp³-hybridized carbons (Fsp3) is 0.571. The highest BCUT2D eigenvalue weighted by molar-refractivity contribution is 7.89. The number of hydrogen-bond donors (Lipinski definition) is 1. The monoisotopic (exact) mass is 317 g/mol. The lowest BCUT2D eigenvalue weighted by atomic mass is 10.1. The van der Waals surface area contributed by atoms with Gasteiger partial charge in [0.15, 0.2) is 0 Å². The van der Waals surface area contributed by atoms with E-state index in [9.17, 15) is 8.42 Å². The van der Waals surface area contributed by atoms with E-state index in [1.54, 1.807) is 20.1 Å². The molecular formula is C14H23NO5S. The van der Waals surface area contributed by atoms with Crippen molar-refractivity contribution in [3.05, 3.63) is 23.3 Å². The molecule has 2 N–H and O–H groups in total. The molecule has 0 aromatic heterocycles. The summed E-state index contributed by atoms with van der Waals surface area (Å²) in [6.45, 7) is 5.77. The van der Waals surface area contributed by atoms with Crippen molar-refractivity contribution >= 4 is 10.0 Å². The molecule has 7 heteroatoms. The van der Waals surface area contributed by atoms with Crippen LogP contribution in [0.4, 0.5) is 0 Å². The molecule has 0 spiro atoms. The van der Waals surface area contributed by atoms with E-state index >= 15 is 0 Å². The number of benzene rings is 1. The summed E-state index contributed by atoms with van der Waals surface area (Å²) >= 11 is 0. The van der Waals surface area contributed by atoms with Crippen LogP contribution in [-0.4, -0.2) is 42.0 Å². The molecule has 21 heavy (non-hydrogen) atoms. The molecule has 120 valence electrons. The predicted molar refractivity (Wildman–Crippen MR) is 80.1 cm³/mol. The third-order valence-corrected chi connectivity index (χ3v) is 4.17. The smallest absolute Gasteiger partial charge is 0.238 e. The van der Waals surface area contributed by atoms with E-state index < -0.39 is 10.0 Å². The second kappa shape index (κ2) is 8.33. The molecule has 1 rings (SSSR count). The first-order valence-corrected chi connectivity index (χ1v) is 8.25. The van der Waals surface area contributed by atoms with Crippen LogP contribution in [0.1, 0.15) is 17.5 Å². The van der Waals surface area contributed by atoms with Crippen LogP contribution < -0.4 is 9.88 Å². The quantitative estimate of drug-likeness (QED) is 0.695. The number of primary sulfonamides is 1. The summed E-state index contributed by atoms with van der Waals surface area (Å²) in [6.07, 6.45) is 0.749. The number of nitrogens with two attached hydrogens (primary N) is 1. The van der Waals surface area contributed by atoms with E-state index in [1.165, 1.54) is 6.07 Å². The number of rotatable bonds is 9. The second-order valence-electron chi connectivity index (χ2n) is 4.66. The highest BCUT2D eigenvalue weighted by Crippen LogP contribution is 2.26. The third kappa shape index (κ3) is 5.62. The van der Waals surface area contributed by atoms with Crippen LogP contribution >= 0.6 is 0 Å². The molecule has 0 bridgehead atoms. The lowest BCUT2D eigenvalue weighted by molar-refractivity contribution is 0.0644. The number of methoxy groups -OCH3 is 1. The Morgan fingerprint density at radius 2 is 1.76 bits per heavy atom. The van der Waals surface area contributed by atoms with Crippen LogP contribution in [0.15, 0.2) is 17.0 Å². The summed E-state index contributed by atoms with van der Waals surface area (Å²) in [5, 5.41) is 5.16. The van der Waals surface area contributed by atoms with E-state index in [1.807, 2.05) is 6.92 Å². The van der Waals surface area contributed by atoms with E-state index in [2.05, 4.69) is 0 Å². The minimum atomic E-state index is -3.70. The zero-order chi connectivity index (χ0) is 15.9. The van der Waals surface area contributed by atoms with Crippen LogP contribution in [0.3, 0.4) is 0 Å². The van der Waals surface area contributed by atoms with Crippen LogP contribution in [-0.2, 0) is 19.5 Å². The van der Waals surface area contributed by atoms with Crippen molar-refractivity contribution in [1.82, 2.24) is 0 Å². The van der Waals surface area contributed by atoms with Gasteiger partial charge in [0.25, 0.3) is 0 Å². The molecule has 0 saturated carbocycles. The van der Waals surface area contributed by atoms with Crippen molar-refractivity contribution in [2.75, 3.05) is 33.5 Å². The van der Waals surface area contributed by atoms with Crippen molar-refractivity contribution in [3.8, 4) is 5.75 Å². The fourth-order valence-corrected chi connectivity index (χ4v) is 2.66. The Morgan fingerprint density at radius 3 is 2.38 bits per heavy atom. The highest BCUT2D eigenvalue weighted by Gasteiger charge is 2.15. The first-order chi connectivity index (χ1) is 9.88. The molecule has 0 radical (unpaired) electrons. The molecule has 0 aliphatic rings. The van der Waals surface area contributed by atoms with Gasteiger partial charge in [-0.25, -0.2) is 13.6 Å². The molecule has 1 aromatic rings. The minimum Gasteiger partial charge on any atom is -0.493 e. The van der Waals surface area contributed by atoms with Gasteiger partial charge < -0.3 is 14.2 Å². The maximum atomic E-state index is 11.4. The number of hydrogen-bond acceptors (Lipinski definition) is 5. The molecule has 0 atom stereocenters. The molecule has 0 aliphatic heterocycles. The van der Waals surface area contributed by atoms with Gasteiger partial charge in [-0.2, -0.15) is 0 Å². The largest absolute Gasteiger partial charge is 0.493 e. The first-order valence-electron chi connectivity index (χ1n) is 6.70. The zero-order valence-electron chi connectivity index (χ0n) is 12.7. The summed E-state index contributed by atoms with van der Waals surface area (Å²) < 4.78 is 38.7. The Bertz CT molecular complexity index is 557. The lowest BCUT2D eigenvalue weighted by Crippen LogP contribution is -2.14. The number of sulfonamides is 1. The van der Waals surface area contributed by atoms with Crippen LogP contribution in [0.5, 0.6) is 5.75 Å². The van der Waals surface area contributed by atoms with Gasteiger partial charge in [-0.05, 0) is 37.1 Å². The van der Waals surface area contributed by atoms with Gasteiger partial charge in [-0.15, -0.1) is 0 Å². The molecule has 1 aromatic carbocycles. The Hall–Kier alpha value is -1.15. The van der Waals surface area contributed by atoms with Crippen LogP contribution in [0.2, 0.25) is 0 Å². The van der Waals surface area contributed by atoms with Gasteiger partial charge in [0.2, 0.25) is 10.0 Å². The molecule has 0 saturated heterocycles. The SMILES string of the molecule is COCCOCCCOc1ccc(S(N)(=O)=O)c(C)c1C. The Balaban J connectivity index is 2.52. The standard InChI is InChI=1S/C14H23NO5S/c1-11-12(2)14(21(15,16)17)6-5-13(11)20-8-4-7-19-10-9-18-3/h5-6H,4,7-10H2,1-3H3,(H2,15,16,17). The van der Waals surface area contributed by atoms with Gasteiger partial charge in [0.1, 0.15) is 5.75 Å². The summed E-state index contributed by atoms with van der Waals surface area (Å²) in [7, 11) is -2.07. The van der Waals surface area contributed by atoms with Crippen molar-refractivity contribution in [3.63, 3.8) is 0 Å². The Morgan fingerprint density at radius 1 is 1.05 bits per heavy atom. The predicted octanol–water partition coefficient (Wildman–Crippen LogP) is 1.38. The molecule has 0 amide bonds. The van der Waals surface area contributed by atoms with E-state index in [0.29, 0.717) is 37.7 Å². The average Bonchev–Trinajstić information content (AvgIpc) is 2.41. The molecular weight excluding hydrogens is 294 g/mol. The minimum absolute atomic E-state index is 0.134. The summed E-state index contributed by atoms with van der Waals surface area (Å²) in [4.78, 5) is 0.134. The highest BCUT2D eigenvalue weighted by atomic mass is 32.2. The molecule has 0 unspecified atom stereocenters. The van der Waals surface area contributed by atoms with Gasteiger partial charge >= 0.3 is 0 Å². The number of ether oxygens (including phenoxy) is 3. The summed E-state index contributed by atoms with van der Waals surface area (Å²) in [6, 6.07) is 3.11. The maximum Gasteiger partial charge on any atom is 0.238 e. The second-order valence-corrected chi connectivity index (χ2v) is 6.19. The fourth-order valence-electron chi connectivity index (χ4n) is 1.82. The van der Waals surface area contributed by atoms with E-state index in [-0.39, 0.29) is 4.90 Å². The molecule has 0 aliphatic carbocycles. The van der Waals surface area contributed by atoms with Crippen molar-refractivity contribution < 1.29 is 22.6 Å².